The number of ether oxygens (including phenoxy) is 2. The van der Waals surface area contributed by atoms with E-state index in [0.717, 1.165) is 4.70 Å². The van der Waals surface area contributed by atoms with Crippen molar-refractivity contribution in [3.8, 4) is 11.5 Å². The van der Waals surface area contributed by atoms with Crippen molar-refractivity contribution in [2.24, 2.45) is 0 Å². The van der Waals surface area contributed by atoms with Gasteiger partial charge in [0, 0.05) is 17.7 Å². The summed E-state index contributed by atoms with van der Waals surface area (Å²) in [5.74, 6) is -0.943. The van der Waals surface area contributed by atoms with Crippen molar-refractivity contribution < 1.29 is 29.1 Å². The van der Waals surface area contributed by atoms with E-state index in [4.69, 9.17) is 9.47 Å². The molecule has 1 N–H and O–H groups in total. The van der Waals surface area contributed by atoms with Crippen LogP contribution in [-0.2, 0) is 9.59 Å². The van der Waals surface area contributed by atoms with Gasteiger partial charge in [-0.2, -0.15) is 0 Å². The lowest BCUT2D eigenvalue weighted by Crippen LogP contribution is -2.29. The van der Waals surface area contributed by atoms with Crippen LogP contribution in [0.1, 0.15) is 24.1 Å². The van der Waals surface area contributed by atoms with Crippen molar-refractivity contribution >= 4 is 49.8 Å². The molecular formula is C27H21N3O7S. The molecule has 4 aromatic rings. The van der Waals surface area contributed by atoms with E-state index in [9.17, 15) is 24.8 Å². The van der Waals surface area contributed by atoms with E-state index in [1.165, 1.54) is 47.6 Å². The first-order valence-corrected chi connectivity index (χ1v) is 12.4. The van der Waals surface area contributed by atoms with Gasteiger partial charge in [0.05, 0.1) is 40.5 Å². The number of hydrogen-bond donors (Lipinski definition) is 1. The fourth-order valence-electron chi connectivity index (χ4n) is 4.28. The van der Waals surface area contributed by atoms with Crippen molar-refractivity contribution in [1.29, 1.82) is 0 Å². The van der Waals surface area contributed by atoms with E-state index in [0.29, 0.717) is 34.7 Å². The number of carbonyl (C=O) groups is 2. The molecule has 1 amide bonds. The topological polar surface area (TPSA) is 132 Å². The number of nitrogens with zero attached hydrogens (tertiary/aromatic N) is 3. The number of benzene rings is 3. The van der Waals surface area contributed by atoms with E-state index in [-0.39, 0.29) is 22.2 Å². The van der Waals surface area contributed by atoms with Crippen molar-refractivity contribution in [3.63, 3.8) is 0 Å². The molecule has 11 heteroatoms. The van der Waals surface area contributed by atoms with Gasteiger partial charge >= 0.3 is 5.91 Å². The standard InChI is InChI=1S/C27H21N3O7S/c1-3-37-18-10-6-16(7-11-18)24(31)22-23(15-4-8-17(9-5-15)30(34)35)29(26(33)25(22)32)27-28-20-13-12-19(36-2)14-21(20)38-27/h4-14,23,31H,3H2,1-2H3/t23-/m1/s1. The van der Waals surface area contributed by atoms with Crippen molar-refractivity contribution in [2.45, 2.75) is 13.0 Å². The molecule has 1 aliphatic heterocycles. The Morgan fingerprint density at radius 1 is 1.08 bits per heavy atom. The monoisotopic (exact) mass is 531 g/mol. The van der Waals surface area contributed by atoms with Gasteiger partial charge in [0.15, 0.2) is 5.13 Å². The smallest absolute Gasteiger partial charge is 0.301 e. The highest BCUT2D eigenvalue weighted by molar-refractivity contribution is 7.22. The van der Waals surface area contributed by atoms with Gasteiger partial charge in [-0.15, -0.1) is 0 Å². The van der Waals surface area contributed by atoms with Gasteiger partial charge in [-0.25, -0.2) is 4.98 Å². The summed E-state index contributed by atoms with van der Waals surface area (Å²) >= 11 is 1.19. The Labute approximate surface area is 220 Å². The Hall–Kier alpha value is -4.77. The number of thiazole rings is 1. The minimum Gasteiger partial charge on any atom is -0.507 e. The summed E-state index contributed by atoms with van der Waals surface area (Å²) in [4.78, 5) is 43.2. The first-order valence-electron chi connectivity index (χ1n) is 11.6. The summed E-state index contributed by atoms with van der Waals surface area (Å²) in [5.41, 5.74) is 1.02. The quantitative estimate of drug-likeness (QED) is 0.113. The number of aromatic nitrogens is 1. The number of rotatable bonds is 7. The zero-order valence-corrected chi connectivity index (χ0v) is 21.1. The minimum absolute atomic E-state index is 0.148. The van der Waals surface area contributed by atoms with Crippen molar-refractivity contribution in [2.75, 3.05) is 18.6 Å². The Balaban J connectivity index is 1.67. The second kappa shape index (κ2) is 9.94. The van der Waals surface area contributed by atoms with Crippen LogP contribution in [0.25, 0.3) is 16.0 Å². The maximum Gasteiger partial charge on any atom is 0.301 e. The molecule has 0 spiro atoms. The van der Waals surface area contributed by atoms with Gasteiger partial charge in [0.1, 0.15) is 17.3 Å². The van der Waals surface area contributed by atoms with Gasteiger partial charge in [-0.1, -0.05) is 11.3 Å². The maximum atomic E-state index is 13.4. The number of amides is 1. The number of nitro groups is 1. The highest BCUT2D eigenvalue weighted by atomic mass is 32.1. The molecule has 2 heterocycles. The molecule has 1 saturated heterocycles. The largest absolute Gasteiger partial charge is 0.507 e. The molecular weight excluding hydrogens is 510 g/mol. The third kappa shape index (κ3) is 4.33. The van der Waals surface area contributed by atoms with Crippen LogP contribution in [0.2, 0.25) is 0 Å². The number of anilines is 1. The van der Waals surface area contributed by atoms with Crippen LogP contribution in [-0.4, -0.2) is 40.4 Å². The number of nitro benzene ring substituents is 1. The zero-order chi connectivity index (χ0) is 27.0. The molecule has 1 aliphatic rings. The molecule has 0 bridgehead atoms. The second-order valence-electron chi connectivity index (χ2n) is 8.31. The van der Waals surface area contributed by atoms with Crippen LogP contribution in [0.3, 0.4) is 0 Å². The third-order valence-corrected chi connectivity index (χ3v) is 7.11. The van der Waals surface area contributed by atoms with E-state index >= 15 is 0 Å². The average molecular weight is 532 g/mol. The van der Waals surface area contributed by atoms with Crippen LogP contribution >= 0.6 is 11.3 Å². The molecule has 0 unspecified atom stereocenters. The lowest BCUT2D eigenvalue weighted by molar-refractivity contribution is -0.384. The molecule has 1 aromatic heterocycles. The molecule has 38 heavy (non-hydrogen) atoms. The Morgan fingerprint density at radius 3 is 2.39 bits per heavy atom. The van der Waals surface area contributed by atoms with E-state index < -0.39 is 22.7 Å². The summed E-state index contributed by atoms with van der Waals surface area (Å²) in [6.45, 7) is 2.31. The number of hydrogen-bond acceptors (Lipinski definition) is 9. The number of Topliss-reactive ketones (excluding diaryl/α,β-unsaturated/α-hetero) is 1. The average Bonchev–Trinajstić information content (AvgIpc) is 3.46. The molecule has 3 aromatic carbocycles. The fourth-order valence-corrected chi connectivity index (χ4v) is 5.30. The van der Waals surface area contributed by atoms with Crippen LogP contribution in [0.4, 0.5) is 10.8 Å². The van der Waals surface area contributed by atoms with Crippen LogP contribution in [0.5, 0.6) is 11.5 Å². The number of aliphatic hydroxyl groups excluding tert-OH is 1. The number of fused-ring (bicyclic) bond motifs is 1. The zero-order valence-electron chi connectivity index (χ0n) is 20.3. The highest BCUT2D eigenvalue weighted by Crippen LogP contribution is 2.45. The normalized spacial score (nSPS) is 16.7. The lowest BCUT2D eigenvalue weighted by atomic mass is 9.95. The Morgan fingerprint density at radius 2 is 1.76 bits per heavy atom. The van der Waals surface area contributed by atoms with Gasteiger partial charge < -0.3 is 14.6 Å². The van der Waals surface area contributed by atoms with Crippen molar-refractivity contribution in [1.82, 2.24) is 4.98 Å². The molecule has 1 fully saturated rings. The number of ketones is 1. The van der Waals surface area contributed by atoms with E-state index in [1.807, 2.05) is 6.92 Å². The predicted octanol–water partition coefficient (Wildman–Crippen LogP) is 5.24. The number of carbonyl (C=O) groups excluding carboxylic acids is 2. The second-order valence-corrected chi connectivity index (χ2v) is 9.31. The molecule has 0 saturated carbocycles. The van der Waals surface area contributed by atoms with Gasteiger partial charge in [-0.05, 0) is 67.1 Å². The van der Waals surface area contributed by atoms with Crippen LogP contribution < -0.4 is 14.4 Å². The Kier molecular flexibility index (Phi) is 6.52. The number of aliphatic hydroxyl groups is 1. The van der Waals surface area contributed by atoms with Crippen LogP contribution in [0.15, 0.2) is 72.3 Å². The summed E-state index contributed by atoms with van der Waals surface area (Å²) in [7, 11) is 1.54. The summed E-state index contributed by atoms with van der Waals surface area (Å²) in [5, 5.41) is 22.7. The number of methoxy groups -OCH3 is 1. The lowest BCUT2D eigenvalue weighted by Gasteiger charge is -2.22. The number of non-ortho nitro benzene ring substituents is 1. The van der Waals surface area contributed by atoms with E-state index in [2.05, 4.69) is 4.98 Å². The first kappa shape index (κ1) is 24.9. The van der Waals surface area contributed by atoms with Gasteiger partial charge in [-0.3, -0.25) is 24.6 Å². The van der Waals surface area contributed by atoms with Gasteiger partial charge in [0.25, 0.3) is 11.5 Å². The summed E-state index contributed by atoms with van der Waals surface area (Å²) in [6.07, 6.45) is 0. The maximum absolute atomic E-state index is 13.4. The molecule has 1 atom stereocenters. The Bertz CT molecular complexity index is 1590. The predicted molar refractivity (Wildman–Crippen MR) is 142 cm³/mol. The third-order valence-electron chi connectivity index (χ3n) is 6.09. The van der Waals surface area contributed by atoms with Crippen LogP contribution in [0, 0.1) is 10.1 Å². The molecule has 192 valence electrons. The summed E-state index contributed by atoms with van der Waals surface area (Å²) in [6, 6.07) is 16.2. The minimum atomic E-state index is -1.06. The molecule has 10 nitrogen and oxygen atoms in total. The fraction of sp³-hybridized carbons (Fsp3) is 0.148. The summed E-state index contributed by atoms with van der Waals surface area (Å²) < 4.78 is 11.5. The molecule has 0 radical (unpaired) electrons. The first-order chi connectivity index (χ1) is 18.3. The van der Waals surface area contributed by atoms with Gasteiger partial charge in [0.2, 0.25) is 0 Å². The highest BCUT2D eigenvalue weighted by Gasteiger charge is 2.48. The van der Waals surface area contributed by atoms with E-state index in [1.54, 1.807) is 42.5 Å². The molecule has 0 aliphatic carbocycles. The van der Waals surface area contributed by atoms with Crippen molar-refractivity contribution in [3.05, 3.63) is 93.5 Å². The molecule has 5 rings (SSSR count). The SMILES string of the molecule is CCOc1ccc(C(O)=C2C(=O)C(=O)N(c3nc4ccc(OC)cc4s3)[C@@H]2c2ccc([N+](=O)[O-])cc2)cc1.